The Balaban J connectivity index is 1.05. The van der Waals surface area contributed by atoms with Crippen molar-refractivity contribution in [3.05, 3.63) is 253 Å². The van der Waals surface area contributed by atoms with Gasteiger partial charge in [-0.1, -0.05) is 200 Å². The highest BCUT2D eigenvalue weighted by atomic mass is 16.3. The highest BCUT2D eigenvalue weighted by Crippen LogP contribution is 2.59. The average Bonchev–Trinajstić information content (AvgIpc) is 3.89. The summed E-state index contributed by atoms with van der Waals surface area (Å²) in [4.78, 5) is 10.4. The van der Waals surface area contributed by atoms with Gasteiger partial charge in [0.2, 0.25) is 0 Å². The molecule has 1 aliphatic rings. The lowest BCUT2D eigenvalue weighted by Crippen LogP contribution is -2.28. The van der Waals surface area contributed by atoms with Gasteiger partial charge in [0.1, 0.15) is 11.2 Å². The molecule has 11 aromatic rings. The molecule has 1 aliphatic carbocycles. The summed E-state index contributed by atoms with van der Waals surface area (Å²) >= 11 is 0. The molecular formula is C59H38N2O. The summed E-state index contributed by atoms with van der Waals surface area (Å²) in [6, 6.07) is 82.4. The number of rotatable bonds is 7. The molecule has 0 bridgehead atoms. The third kappa shape index (κ3) is 5.67. The normalized spacial score (nSPS) is 12.6. The van der Waals surface area contributed by atoms with Crippen LogP contribution in [0.4, 0.5) is 0 Å². The van der Waals surface area contributed by atoms with Gasteiger partial charge in [0, 0.05) is 27.5 Å². The summed E-state index contributed by atoms with van der Waals surface area (Å²) in [5.41, 5.74) is 17.9. The van der Waals surface area contributed by atoms with Crippen LogP contribution in [-0.4, -0.2) is 9.97 Å². The fourth-order valence-corrected chi connectivity index (χ4v) is 9.83. The number of nitrogens with zero attached hydrogens (tertiary/aromatic N) is 2. The molecule has 3 nitrogen and oxygen atoms in total. The van der Waals surface area contributed by atoms with E-state index in [1.807, 2.05) is 30.3 Å². The zero-order valence-electron chi connectivity index (χ0n) is 33.7. The van der Waals surface area contributed by atoms with Crippen molar-refractivity contribution in [2.45, 2.75) is 5.41 Å². The van der Waals surface area contributed by atoms with Crippen LogP contribution in [0.5, 0.6) is 0 Å². The van der Waals surface area contributed by atoms with Crippen molar-refractivity contribution >= 4 is 21.9 Å². The molecule has 9 aromatic carbocycles. The van der Waals surface area contributed by atoms with Gasteiger partial charge in [-0.3, -0.25) is 0 Å². The summed E-state index contributed by atoms with van der Waals surface area (Å²) in [6.45, 7) is 0. The van der Waals surface area contributed by atoms with Crippen LogP contribution in [-0.2, 0) is 5.41 Å². The van der Waals surface area contributed by atoms with E-state index >= 15 is 0 Å². The highest BCUT2D eigenvalue weighted by molar-refractivity contribution is 6.09. The van der Waals surface area contributed by atoms with Crippen molar-refractivity contribution in [2.75, 3.05) is 0 Å². The molecule has 0 atom stereocenters. The highest BCUT2D eigenvalue weighted by Gasteiger charge is 2.47. The fraction of sp³-hybridized carbons (Fsp3) is 0.0169. The predicted molar refractivity (Wildman–Crippen MR) is 254 cm³/mol. The van der Waals surface area contributed by atoms with Gasteiger partial charge in [0.15, 0.2) is 5.82 Å². The van der Waals surface area contributed by atoms with E-state index in [4.69, 9.17) is 14.4 Å². The lowest BCUT2D eigenvalue weighted by Gasteiger charge is -2.34. The summed E-state index contributed by atoms with van der Waals surface area (Å²) < 4.78 is 6.52. The van der Waals surface area contributed by atoms with Crippen molar-refractivity contribution in [3.63, 3.8) is 0 Å². The summed E-state index contributed by atoms with van der Waals surface area (Å²) in [7, 11) is 0. The van der Waals surface area contributed by atoms with Crippen LogP contribution in [0, 0.1) is 0 Å². The van der Waals surface area contributed by atoms with Gasteiger partial charge >= 0.3 is 0 Å². The van der Waals surface area contributed by atoms with E-state index < -0.39 is 5.41 Å². The maximum atomic E-state index is 6.52. The number of fused-ring (bicyclic) bond motifs is 6. The minimum Gasteiger partial charge on any atom is -0.455 e. The summed E-state index contributed by atoms with van der Waals surface area (Å²) in [5, 5.41) is 2.16. The molecule has 0 spiro atoms. The minimum absolute atomic E-state index is 0.546. The quantitative estimate of drug-likeness (QED) is 0.161. The molecule has 2 heterocycles. The third-order valence-electron chi connectivity index (χ3n) is 12.6. The molecule has 62 heavy (non-hydrogen) atoms. The number of furan rings is 1. The van der Waals surface area contributed by atoms with Crippen LogP contribution in [0.2, 0.25) is 0 Å². The van der Waals surface area contributed by atoms with E-state index in [1.165, 1.54) is 44.5 Å². The molecule has 0 saturated heterocycles. The summed E-state index contributed by atoms with van der Waals surface area (Å²) in [6.07, 6.45) is 0. The first-order valence-corrected chi connectivity index (χ1v) is 21.1. The molecule has 0 radical (unpaired) electrons. The largest absolute Gasteiger partial charge is 0.455 e. The first-order chi connectivity index (χ1) is 30.7. The number of aromatic nitrogens is 2. The van der Waals surface area contributed by atoms with Crippen molar-refractivity contribution in [3.8, 4) is 67.3 Å². The fourth-order valence-electron chi connectivity index (χ4n) is 9.83. The van der Waals surface area contributed by atoms with Crippen LogP contribution in [0.1, 0.15) is 22.3 Å². The van der Waals surface area contributed by atoms with Crippen molar-refractivity contribution in [2.24, 2.45) is 0 Å². The molecule has 0 fully saturated rings. The van der Waals surface area contributed by atoms with Gasteiger partial charge in [0.05, 0.1) is 16.8 Å². The maximum absolute atomic E-state index is 6.52. The molecule has 290 valence electrons. The topological polar surface area (TPSA) is 38.9 Å². The van der Waals surface area contributed by atoms with E-state index in [-0.39, 0.29) is 0 Å². The van der Waals surface area contributed by atoms with Crippen molar-refractivity contribution in [1.29, 1.82) is 0 Å². The van der Waals surface area contributed by atoms with E-state index in [2.05, 4.69) is 200 Å². The van der Waals surface area contributed by atoms with E-state index in [0.717, 1.165) is 61.1 Å². The molecule has 3 heteroatoms. The van der Waals surface area contributed by atoms with E-state index in [0.29, 0.717) is 5.82 Å². The average molecular weight is 791 g/mol. The number of benzene rings is 9. The minimum atomic E-state index is -0.546. The predicted octanol–water partition coefficient (Wildman–Crippen LogP) is 15.1. The van der Waals surface area contributed by atoms with Gasteiger partial charge in [0.25, 0.3) is 0 Å². The van der Waals surface area contributed by atoms with E-state index in [9.17, 15) is 0 Å². The Hall–Kier alpha value is -8.14. The van der Waals surface area contributed by atoms with Crippen LogP contribution in [0.15, 0.2) is 235 Å². The molecular weight excluding hydrogens is 753 g/mol. The summed E-state index contributed by atoms with van der Waals surface area (Å²) in [5.74, 6) is 0.664. The van der Waals surface area contributed by atoms with E-state index in [1.54, 1.807) is 0 Å². The van der Waals surface area contributed by atoms with Crippen molar-refractivity contribution in [1.82, 2.24) is 9.97 Å². The SMILES string of the molecule is c1ccc(-c2nc(-c3cccc(-c4ccc5c(c4)C(c4ccccc4)(c4ccccc4)c4cccc(-c6ccccc6)c4-5)c3)cc(-c3cccc4c3oc3ccccc34)n2)cc1. The Morgan fingerprint density at radius 3 is 1.66 bits per heavy atom. The van der Waals surface area contributed by atoms with Gasteiger partial charge in [-0.05, 0) is 86.0 Å². The maximum Gasteiger partial charge on any atom is 0.160 e. The van der Waals surface area contributed by atoms with Crippen LogP contribution in [0.25, 0.3) is 89.2 Å². The lowest BCUT2D eigenvalue weighted by atomic mass is 9.67. The second kappa shape index (κ2) is 14.5. The van der Waals surface area contributed by atoms with Crippen LogP contribution >= 0.6 is 0 Å². The third-order valence-corrected chi connectivity index (χ3v) is 12.6. The zero-order valence-corrected chi connectivity index (χ0v) is 33.7. The molecule has 2 aromatic heterocycles. The van der Waals surface area contributed by atoms with Gasteiger partial charge in [-0.2, -0.15) is 0 Å². The van der Waals surface area contributed by atoms with Gasteiger partial charge < -0.3 is 4.42 Å². The van der Waals surface area contributed by atoms with Crippen LogP contribution < -0.4 is 0 Å². The Morgan fingerprint density at radius 1 is 0.339 bits per heavy atom. The van der Waals surface area contributed by atoms with Crippen molar-refractivity contribution < 1.29 is 4.42 Å². The van der Waals surface area contributed by atoms with Crippen LogP contribution in [0.3, 0.4) is 0 Å². The molecule has 0 saturated carbocycles. The zero-order chi connectivity index (χ0) is 41.0. The first kappa shape index (κ1) is 35.8. The Labute approximate surface area is 360 Å². The monoisotopic (exact) mass is 790 g/mol. The standard InChI is InChI=1S/C59H38N2O/c1-5-18-39(19-6-1)46-29-17-32-51-56(46)49-35-34-42(37-52(49)59(51,44-24-9-3-10-25-44)45-26-11-4-12-27-45)41-22-15-23-43(36-41)53-38-54(61-58(60-53)40-20-7-2-8-21-40)50-31-16-30-48-47-28-13-14-33-55(47)62-57(48)50/h1-38H. The smallest absolute Gasteiger partial charge is 0.160 e. The Bertz CT molecular complexity index is 3410. The number of hydrogen-bond acceptors (Lipinski definition) is 3. The Kier molecular flexibility index (Phi) is 8.39. The lowest BCUT2D eigenvalue weighted by molar-refractivity contribution is 0.670. The van der Waals surface area contributed by atoms with Gasteiger partial charge in [-0.15, -0.1) is 0 Å². The molecule has 0 unspecified atom stereocenters. The van der Waals surface area contributed by atoms with Gasteiger partial charge in [-0.25, -0.2) is 9.97 Å². The second-order valence-electron chi connectivity index (χ2n) is 16.0. The Morgan fingerprint density at radius 2 is 0.903 bits per heavy atom. The molecule has 0 amide bonds. The first-order valence-electron chi connectivity index (χ1n) is 21.1. The molecule has 0 N–H and O–H groups in total. The molecule has 0 aliphatic heterocycles. The number of para-hydroxylation sites is 2. The number of hydrogen-bond donors (Lipinski definition) is 0. The molecule has 12 rings (SSSR count). The second-order valence-corrected chi connectivity index (χ2v) is 16.0.